The number of carboxylic acid groups (broad SMARTS) is 2. The van der Waals surface area contributed by atoms with Gasteiger partial charge < -0.3 is 31.3 Å². The highest BCUT2D eigenvalue weighted by molar-refractivity contribution is 5.73. The van der Waals surface area contributed by atoms with Gasteiger partial charge in [0, 0.05) is 55.4 Å². The van der Waals surface area contributed by atoms with E-state index in [1.807, 2.05) is 35.1 Å². The summed E-state index contributed by atoms with van der Waals surface area (Å²) in [6.07, 6.45) is -0.330. The van der Waals surface area contributed by atoms with Crippen molar-refractivity contribution in [2.75, 3.05) is 30.8 Å². The number of aliphatic carboxylic acids is 2. The predicted octanol–water partition coefficient (Wildman–Crippen LogP) is 4.31. The number of hydrogen-bond donors (Lipinski definition) is 4. The number of nitrogen functional groups attached to an aromatic ring is 1. The number of rotatable bonds is 5. The lowest BCUT2D eigenvalue weighted by Gasteiger charge is -2.34. The number of nitrogens with zero attached hydrogens (tertiary/aromatic N) is 5. The van der Waals surface area contributed by atoms with E-state index < -0.39 is 30.1 Å². The van der Waals surface area contributed by atoms with E-state index >= 15 is 0 Å². The van der Waals surface area contributed by atoms with E-state index in [-0.39, 0.29) is 11.8 Å². The van der Waals surface area contributed by atoms with Crippen LogP contribution in [0.25, 0.3) is 16.9 Å². The number of alkyl halides is 6. The van der Waals surface area contributed by atoms with Crippen LogP contribution < -0.4 is 21.1 Å². The number of fused-ring (bicyclic) bond motifs is 1. The second-order valence-corrected chi connectivity index (χ2v) is 9.93. The standard InChI is InChI=1S/C24H26FN7O.2C2HF3O2/c1-33-22-5-4-15(10-19(22)25)20-11-16(21(13-29-20)31-7-2-3-17(26)14-31)9-18-12-30-24-23(27)28-6-8-32(18)24;2*3-2(4,5)1(6)7/h4-6,8,10-13,17H,2-3,7,9,14,26H2,1H3,(H2,27,28);2*(H,6,7)/t17-;;/m1../s1. The zero-order valence-corrected chi connectivity index (χ0v) is 24.4. The van der Waals surface area contributed by atoms with Gasteiger partial charge in [0.05, 0.1) is 24.7 Å². The van der Waals surface area contributed by atoms with E-state index in [1.54, 1.807) is 12.3 Å². The molecule has 6 N–H and O–H groups in total. The topological polar surface area (TPSA) is 182 Å². The largest absolute Gasteiger partial charge is 0.494 e. The minimum absolute atomic E-state index is 0.128. The molecule has 0 aliphatic carbocycles. The Hall–Kier alpha value is -5.20. The third-order valence-corrected chi connectivity index (χ3v) is 6.60. The van der Waals surface area contributed by atoms with Crippen molar-refractivity contribution in [2.45, 2.75) is 37.7 Å². The van der Waals surface area contributed by atoms with Crippen LogP contribution in [0, 0.1) is 5.82 Å². The average molecular weight is 676 g/mol. The predicted molar refractivity (Wildman–Crippen MR) is 153 cm³/mol. The van der Waals surface area contributed by atoms with Crippen LogP contribution in [0.3, 0.4) is 0 Å². The van der Waals surface area contributed by atoms with Crippen molar-refractivity contribution in [1.29, 1.82) is 0 Å². The van der Waals surface area contributed by atoms with E-state index in [9.17, 15) is 30.7 Å². The van der Waals surface area contributed by atoms with Crippen LogP contribution in [0.4, 0.5) is 42.2 Å². The van der Waals surface area contributed by atoms with E-state index in [0.717, 1.165) is 42.9 Å². The second kappa shape index (κ2) is 14.9. The number of anilines is 2. The van der Waals surface area contributed by atoms with Gasteiger partial charge in [0.15, 0.2) is 23.0 Å². The summed E-state index contributed by atoms with van der Waals surface area (Å²) in [5.41, 5.74) is 17.3. The summed E-state index contributed by atoms with van der Waals surface area (Å²) in [7, 11) is 1.45. The molecule has 1 aliphatic heterocycles. The molecule has 12 nitrogen and oxygen atoms in total. The van der Waals surface area contributed by atoms with Crippen LogP contribution in [0.1, 0.15) is 24.1 Å². The van der Waals surface area contributed by atoms with Crippen LogP contribution in [-0.2, 0) is 16.0 Å². The first-order chi connectivity index (χ1) is 21.9. The summed E-state index contributed by atoms with van der Waals surface area (Å²) < 4.78 is 84.8. The van der Waals surface area contributed by atoms with Gasteiger partial charge in [-0.1, -0.05) is 0 Å². The van der Waals surface area contributed by atoms with E-state index in [2.05, 4.69) is 19.9 Å². The van der Waals surface area contributed by atoms with Gasteiger partial charge >= 0.3 is 24.3 Å². The number of hydrogen-bond acceptors (Lipinski definition) is 9. The SMILES string of the molecule is COc1ccc(-c2cc(Cc3cnc4c(N)nccn34)c(N3CCC[C@@H](N)C3)cn2)cc1F.O=C(O)C(F)(F)F.O=C(O)C(F)(F)F. The lowest BCUT2D eigenvalue weighted by molar-refractivity contribution is -0.193. The summed E-state index contributed by atoms with van der Waals surface area (Å²) in [6.45, 7) is 1.69. The fourth-order valence-electron chi connectivity index (χ4n) is 4.44. The number of carboxylic acids is 2. The maximum Gasteiger partial charge on any atom is 0.490 e. The molecule has 5 rings (SSSR count). The Balaban J connectivity index is 0.000000360. The van der Waals surface area contributed by atoms with Crippen LogP contribution >= 0.6 is 0 Å². The molecule has 1 atom stereocenters. The van der Waals surface area contributed by atoms with E-state index in [1.165, 1.54) is 13.2 Å². The molecular weight excluding hydrogens is 647 g/mol. The van der Waals surface area contributed by atoms with Crippen molar-refractivity contribution in [2.24, 2.45) is 5.73 Å². The van der Waals surface area contributed by atoms with E-state index in [0.29, 0.717) is 29.1 Å². The summed E-state index contributed by atoms with van der Waals surface area (Å²) in [5, 5.41) is 14.2. The molecule has 47 heavy (non-hydrogen) atoms. The Labute approximate surface area is 261 Å². The third-order valence-electron chi connectivity index (χ3n) is 6.60. The maximum atomic E-state index is 14.4. The summed E-state index contributed by atoms with van der Waals surface area (Å²) in [4.78, 5) is 33.3. The first-order valence-corrected chi connectivity index (χ1v) is 13.4. The fraction of sp³-hybridized carbons (Fsp3) is 0.321. The molecule has 3 aromatic heterocycles. The van der Waals surface area contributed by atoms with Crippen molar-refractivity contribution >= 4 is 29.1 Å². The van der Waals surface area contributed by atoms with Gasteiger partial charge in [0.25, 0.3) is 0 Å². The summed E-state index contributed by atoms with van der Waals surface area (Å²) in [6, 6.07) is 7.01. The molecule has 0 unspecified atom stereocenters. The lowest BCUT2D eigenvalue weighted by Crippen LogP contribution is -2.43. The summed E-state index contributed by atoms with van der Waals surface area (Å²) >= 11 is 0. The molecule has 1 fully saturated rings. The zero-order chi connectivity index (χ0) is 35.1. The molecule has 19 heteroatoms. The molecule has 0 amide bonds. The first kappa shape index (κ1) is 36.3. The van der Waals surface area contributed by atoms with Gasteiger partial charge in [0.2, 0.25) is 0 Å². The Morgan fingerprint density at radius 2 is 1.66 bits per heavy atom. The molecule has 4 heterocycles. The van der Waals surface area contributed by atoms with Gasteiger partial charge in [-0.15, -0.1) is 0 Å². The van der Waals surface area contributed by atoms with Gasteiger partial charge in [-0.25, -0.2) is 23.9 Å². The second-order valence-electron chi connectivity index (χ2n) is 9.93. The van der Waals surface area contributed by atoms with Crippen molar-refractivity contribution in [3.8, 4) is 17.0 Å². The minimum atomic E-state index is -5.08. The normalized spacial score (nSPS) is 14.8. The van der Waals surface area contributed by atoms with Crippen LogP contribution in [0.2, 0.25) is 0 Å². The Morgan fingerprint density at radius 3 is 2.21 bits per heavy atom. The van der Waals surface area contributed by atoms with Crippen LogP contribution in [0.15, 0.2) is 49.1 Å². The molecule has 0 radical (unpaired) electrons. The molecule has 0 spiro atoms. The quantitative estimate of drug-likeness (QED) is 0.221. The fourth-order valence-corrected chi connectivity index (χ4v) is 4.44. The smallest absolute Gasteiger partial charge is 0.490 e. The minimum Gasteiger partial charge on any atom is -0.494 e. The van der Waals surface area contributed by atoms with E-state index in [4.69, 9.17) is 36.0 Å². The lowest BCUT2D eigenvalue weighted by atomic mass is 10.0. The number of methoxy groups -OCH3 is 1. The highest BCUT2D eigenvalue weighted by Crippen LogP contribution is 2.31. The molecule has 4 aromatic rings. The molecule has 1 aromatic carbocycles. The third kappa shape index (κ3) is 9.65. The van der Waals surface area contributed by atoms with Crippen molar-refractivity contribution in [3.63, 3.8) is 0 Å². The van der Waals surface area contributed by atoms with Gasteiger partial charge in [-0.3, -0.25) is 9.38 Å². The first-order valence-electron chi connectivity index (χ1n) is 13.4. The maximum absolute atomic E-state index is 14.4. The number of ether oxygens (including phenoxy) is 1. The number of nitrogens with two attached hydrogens (primary N) is 2. The number of piperidine rings is 1. The Kier molecular flexibility index (Phi) is 11.5. The van der Waals surface area contributed by atoms with Gasteiger partial charge in [0.1, 0.15) is 0 Å². The van der Waals surface area contributed by atoms with Crippen LogP contribution in [0.5, 0.6) is 5.75 Å². The highest BCUT2D eigenvalue weighted by atomic mass is 19.4. The average Bonchev–Trinajstić information content (AvgIpc) is 3.40. The number of pyridine rings is 1. The Bertz CT molecular complexity index is 1690. The zero-order valence-electron chi connectivity index (χ0n) is 24.4. The Morgan fingerprint density at radius 1 is 1.02 bits per heavy atom. The van der Waals surface area contributed by atoms with Gasteiger partial charge in [-0.2, -0.15) is 26.3 Å². The summed E-state index contributed by atoms with van der Waals surface area (Å²) in [5.74, 6) is -5.35. The molecule has 1 saturated heterocycles. The van der Waals surface area contributed by atoms with Crippen molar-refractivity contribution in [1.82, 2.24) is 19.4 Å². The number of carbonyl (C=O) groups is 2. The number of benzene rings is 1. The molecular formula is C28H28F7N7O5. The molecule has 254 valence electrons. The highest BCUT2D eigenvalue weighted by Gasteiger charge is 2.38. The monoisotopic (exact) mass is 675 g/mol. The van der Waals surface area contributed by atoms with Gasteiger partial charge in [-0.05, 0) is 42.7 Å². The molecule has 0 saturated carbocycles. The van der Waals surface area contributed by atoms with Crippen LogP contribution in [-0.4, -0.2) is 80.1 Å². The number of aromatic nitrogens is 4. The number of imidazole rings is 1. The molecule has 0 bridgehead atoms. The number of halogens is 7. The van der Waals surface area contributed by atoms with Crippen molar-refractivity contribution in [3.05, 3.63) is 66.1 Å². The van der Waals surface area contributed by atoms with Crippen molar-refractivity contribution < 1.29 is 55.3 Å². The molecule has 1 aliphatic rings.